The highest BCUT2D eigenvalue weighted by Crippen LogP contribution is 2.20. The highest BCUT2D eigenvalue weighted by molar-refractivity contribution is 7.90. The Kier molecular flexibility index (Phi) is 4.53. The first kappa shape index (κ1) is 15.8. The van der Waals surface area contributed by atoms with Gasteiger partial charge < -0.3 is 15.4 Å². The van der Waals surface area contributed by atoms with Crippen molar-refractivity contribution in [2.75, 3.05) is 32.3 Å². The van der Waals surface area contributed by atoms with Gasteiger partial charge in [0, 0.05) is 43.8 Å². The van der Waals surface area contributed by atoms with Gasteiger partial charge in [-0.3, -0.25) is 4.79 Å². The minimum Gasteiger partial charge on any atom is -0.399 e. The van der Waals surface area contributed by atoms with Gasteiger partial charge in [-0.05, 0) is 31.0 Å². The van der Waals surface area contributed by atoms with Crippen LogP contribution in [0.4, 0.5) is 5.69 Å². The average Bonchev–Trinajstić information content (AvgIpc) is 2.45. The Balaban J connectivity index is 2.28. The molecule has 7 heteroatoms. The minimum atomic E-state index is -3.40. The fourth-order valence-corrected chi connectivity index (χ4v) is 3.09. The predicted molar refractivity (Wildman–Crippen MR) is 79.9 cm³/mol. The maximum atomic E-state index is 12.5. The van der Waals surface area contributed by atoms with Crippen molar-refractivity contribution in [2.45, 2.75) is 23.8 Å². The van der Waals surface area contributed by atoms with Gasteiger partial charge in [0.15, 0.2) is 9.84 Å². The molecule has 2 N–H and O–H groups in total. The molecule has 0 unspecified atom stereocenters. The van der Waals surface area contributed by atoms with Crippen molar-refractivity contribution in [2.24, 2.45) is 0 Å². The molecule has 1 saturated heterocycles. The van der Waals surface area contributed by atoms with Gasteiger partial charge in [0.2, 0.25) is 0 Å². The molecule has 0 bridgehead atoms. The largest absolute Gasteiger partial charge is 0.399 e. The summed E-state index contributed by atoms with van der Waals surface area (Å²) in [7, 11) is -1.68. The molecule has 2 rings (SSSR count). The predicted octanol–water partition coefficient (Wildman–Crippen LogP) is 0.923. The lowest BCUT2D eigenvalue weighted by Gasteiger charge is -2.31. The molecule has 0 atom stereocenters. The van der Waals surface area contributed by atoms with E-state index in [1.165, 1.54) is 18.2 Å². The third-order valence-electron chi connectivity index (χ3n) is 3.66. The normalized spacial score (nSPS) is 16.7. The van der Waals surface area contributed by atoms with Gasteiger partial charge in [-0.15, -0.1) is 0 Å². The summed E-state index contributed by atoms with van der Waals surface area (Å²) in [5.41, 5.74) is 6.28. The Morgan fingerprint density at radius 3 is 2.48 bits per heavy atom. The Morgan fingerprint density at radius 2 is 1.90 bits per heavy atom. The zero-order valence-corrected chi connectivity index (χ0v) is 13.0. The van der Waals surface area contributed by atoms with Crippen LogP contribution in [0.2, 0.25) is 0 Å². The van der Waals surface area contributed by atoms with Gasteiger partial charge >= 0.3 is 0 Å². The molecule has 1 aliphatic heterocycles. The van der Waals surface area contributed by atoms with Crippen LogP contribution in [-0.4, -0.2) is 51.8 Å². The van der Waals surface area contributed by atoms with Gasteiger partial charge in [0.25, 0.3) is 5.91 Å². The summed E-state index contributed by atoms with van der Waals surface area (Å²) in [5.74, 6) is -0.223. The molecule has 6 nitrogen and oxygen atoms in total. The number of nitrogen functional groups attached to an aromatic ring is 1. The van der Waals surface area contributed by atoms with Crippen LogP contribution < -0.4 is 5.73 Å². The second-order valence-electron chi connectivity index (χ2n) is 5.32. The fourth-order valence-electron chi connectivity index (χ4n) is 2.40. The SMILES string of the molecule is CN(C(=O)c1cc(N)cc(S(C)(=O)=O)c1)C1CCOCC1. The molecule has 0 spiro atoms. The van der Waals surface area contributed by atoms with Gasteiger partial charge in [0.1, 0.15) is 0 Å². The van der Waals surface area contributed by atoms with Crippen LogP contribution in [0.3, 0.4) is 0 Å². The molecule has 1 aromatic rings. The van der Waals surface area contributed by atoms with Crippen LogP contribution in [0.5, 0.6) is 0 Å². The summed E-state index contributed by atoms with van der Waals surface area (Å²) >= 11 is 0. The van der Waals surface area contributed by atoms with Crippen molar-refractivity contribution >= 4 is 21.4 Å². The first-order chi connectivity index (χ1) is 9.79. The van der Waals surface area contributed by atoms with E-state index in [9.17, 15) is 13.2 Å². The first-order valence-corrected chi connectivity index (χ1v) is 8.63. The summed E-state index contributed by atoms with van der Waals surface area (Å²) in [6.45, 7) is 1.27. The van der Waals surface area contributed by atoms with E-state index in [4.69, 9.17) is 10.5 Å². The van der Waals surface area contributed by atoms with E-state index in [2.05, 4.69) is 0 Å². The highest BCUT2D eigenvalue weighted by atomic mass is 32.2. The average molecular weight is 312 g/mol. The number of carbonyl (C=O) groups is 1. The molecule has 1 aromatic carbocycles. The van der Waals surface area contributed by atoms with Crippen molar-refractivity contribution < 1.29 is 17.9 Å². The Bertz CT molecular complexity index is 636. The smallest absolute Gasteiger partial charge is 0.253 e. The summed E-state index contributed by atoms with van der Waals surface area (Å²) < 4.78 is 28.5. The van der Waals surface area contributed by atoms with E-state index in [0.717, 1.165) is 19.1 Å². The summed E-state index contributed by atoms with van der Waals surface area (Å²) in [6.07, 6.45) is 2.66. The molecule has 1 heterocycles. The monoisotopic (exact) mass is 312 g/mol. The van der Waals surface area contributed by atoms with Crippen molar-refractivity contribution in [3.05, 3.63) is 23.8 Å². The van der Waals surface area contributed by atoms with Crippen LogP contribution in [0.15, 0.2) is 23.1 Å². The summed E-state index contributed by atoms with van der Waals surface area (Å²) in [5, 5.41) is 0. The second kappa shape index (κ2) is 6.03. The van der Waals surface area contributed by atoms with Crippen molar-refractivity contribution in [1.29, 1.82) is 0 Å². The first-order valence-electron chi connectivity index (χ1n) is 6.74. The van der Waals surface area contributed by atoms with Crippen LogP contribution in [-0.2, 0) is 14.6 Å². The van der Waals surface area contributed by atoms with Crippen LogP contribution in [0.25, 0.3) is 0 Å². The van der Waals surface area contributed by atoms with Crippen LogP contribution in [0.1, 0.15) is 23.2 Å². The molecular weight excluding hydrogens is 292 g/mol. The topological polar surface area (TPSA) is 89.7 Å². The number of hydrogen-bond donors (Lipinski definition) is 1. The standard InChI is InChI=1S/C14H20N2O4S/c1-16(12-3-5-20-6-4-12)14(17)10-7-11(15)9-13(8-10)21(2,18)19/h7-9,12H,3-6,15H2,1-2H3. The molecule has 0 aromatic heterocycles. The van der Waals surface area contributed by atoms with Gasteiger partial charge in [-0.25, -0.2) is 8.42 Å². The second-order valence-corrected chi connectivity index (χ2v) is 7.34. The number of amides is 1. The molecular formula is C14H20N2O4S. The number of ether oxygens (including phenoxy) is 1. The number of anilines is 1. The van der Waals surface area contributed by atoms with Crippen molar-refractivity contribution in [1.82, 2.24) is 4.90 Å². The quantitative estimate of drug-likeness (QED) is 0.838. The fraction of sp³-hybridized carbons (Fsp3) is 0.500. The number of carbonyl (C=O) groups excluding carboxylic acids is 1. The molecule has 1 aliphatic rings. The molecule has 0 aliphatic carbocycles. The maximum absolute atomic E-state index is 12.5. The Labute approximate surface area is 124 Å². The van der Waals surface area contributed by atoms with E-state index in [1.54, 1.807) is 11.9 Å². The lowest BCUT2D eigenvalue weighted by molar-refractivity contribution is 0.0362. The van der Waals surface area contributed by atoms with E-state index in [0.29, 0.717) is 18.8 Å². The molecule has 1 fully saturated rings. The number of hydrogen-bond acceptors (Lipinski definition) is 5. The number of nitrogens with two attached hydrogens (primary N) is 1. The maximum Gasteiger partial charge on any atom is 0.253 e. The number of sulfone groups is 1. The lowest BCUT2D eigenvalue weighted by Crippen LogP contribution is -2.40. The molecule has 0 radical (unpaired) electrons. The Hall–Kier alpha value is -1.60. The Morgan fingerprint density at radius 1 is 1.29 bits per heavy atom. The zero-order valence-electron chi connectivity index (χ0n) is 12.2. The van der Waals surface area contributed by atoms with E-state index >= 15 is 0 Å². The highest BCUT2D eigenvalue weighted by Gasteiger charge is 2.24. The third-order valence-corrected chi connectivity index (χ3v) is 4.75. The number of benzene rings is 1. The van der Waals surface area contributed by atoms with E-state index in [1.807, 2.05) is 0 Å². The van der Waals surface area contributed by atoms with E-state index < -0.39 is 9.84 Å². The molecule has 0 saturated carbocycles. The zero-order chi connectivity index (χ0) is 15.6. The lowest BCUT2D eigenvalue weighted by atomic mass is 10.1. The third kappa shape index (κ3) is 3.74. The molecule has 21 heavy (non-hydrogen) atoms. The minimum absolute atomic E-state index is 0.0613. The van der Waals surface area contributed by atoms with Gasteiger partial charge in [0.05, 0.1) is 4.90 Å². The van der Waals surface area contributed by atoms with Crippen molar-refractivity contribution in [3.63, 3.8) is 0 Å². The number of nitrogens with zero attached hydrogens (tertiary/aromatic N) is 1. The van der Waals surface area contributed by atoms with Crippen LogP contribution >= 0.6 is 0 Å². The summed E-state index contributed by atoms with van der Waals surface area (Å²) in [6, 6.07) is 4.35. The number of rotatable bonds is 3. The van der Waals surface area contributed by atoms with Gasteiger partial charge in [-0.1, -0.05) is 0 Å². The van der Waals surface area contributed by atoms with Crippen molar-refractivity contribution in [3.8, 4) is 0 Å². The molecule has 116 valence electrons. The van der Waals surface area contributed by atoms with Crippen LogP contribution in [0, 0.1) is 0 Å². The van der Waals surface area contributed by atoms with E-state index in [-0.39, 0.29) is 22.5 Å². The molecule has 1 amide bonds. The summed E-state index contributed by atoms with van der Waals surface area (Å²) in [4.78, 5) is 14.2. The van der Waals surface area contributed by atoms with Gasteiger partial charge in [-0.2, -0.15) is 0 Å².